The maximum absolute atomic E-state index is 2.54. The smallest absolute Gasteiger partial charge is 0.0766 e. The summed E-state index contributed by atoms with van der Waals surface area (Å²) in [5, 5.41) is 0.447. The van der Waals surface area contributed by atoms with Crippen molar-refractivity contribution in [3.63, 3.8) is 0 Å². The van der Waals surface area contributed by atoms with Crippen molar-refractivity contribution in [3.05, 3.63) is 47.7 Å². The topological polar surface area (TPSA) is 0 Å². The highest BCUT2D eigenvalue weighted by molar-refractivity contribution is 6.84. The molecule has 106 valence electrons. The van der Waals surface area contributed by atoms with Crippen LogP contribution < -0.4 is 0 Å². The Morgan fingerprint density at radius 3 is 2.21 bits per heavy atom. The average molecular weight is 275 g/mol. The van der Waals surface area contributed by atoms with E-state index in [0.29, 0.717) is 11.0 Å². The summed E-state index contributed by atoms with van der Waals surface area (Å²) >= 11 is 0. The van der Waals surface area contributed by atoms with Gasteiger partial charge in [-0.15, -0.1) is 0 Å². The van der Waals surface area contributed by atoms with Crippen molar-refractivity contribution in [1.29, 1.82) is 0 Å². The first-order valence-electron chi connectivity index (χ1n) is 7.46. The van der Waals surface area contributed by atoms with Crippen LogP contribution in [-0.4, -0.2) is 8.07 Å². The van der Waals surface area contributed by atoms with Gasteiger partial charge >= 0.3 is 0 Å². The normalized spacial score (nSPS) is 14.8. The first kappa shape index (κ1) is 16.2. The van der Waals surface area contributed by atoms with Gasteiger partial charge in [0, 0.05) is 0 Å². The van der Waals surface area contributed by atoms with Gasteiger partial charge in [0.05, 0.1) is 8.07 Å². The number of aryl methyl sites for hydroxylation is 1. The summed E-state index contributed by atoms with van der Waals surface area (Å²) in [4.78, 5) is 0. The van der Waals surface area contributed by atoms with Crippen LogP contribution in [0.2, 0.25) is 18.1 Å². The molecule has 0 radical (unpaired) electrons. The van der Waals surface area contributed by atoms with Gasteiger partial charge in [0.25, 0.3) is 0 Å². The number of allylic oxidation sites excluding steroid dienone is 1. The Bertz CT molecular complexity index is 395. The van der Waals surface area contributed by atoms with E-state index in [1.807, 2.05) is 0 Å². The summed E-state index contributed by atoms with van der Waals surface area (Å²) in [6, 6.07) is 10.8. The van der Waals surface area contributed by atoms with Crippen LogP contribution in [0.3, 0.4) is 0 Å². The van der Waals surface area contributed by atoms with E-state index in [-0.39, 0.29) is 0 Å². The van der Waals surface area contributed by atoms with Crippen LogP contribution in [0.15, 0.2) is 42.1 Å². The van der Waals surface area contributed by atoms with Gasteiger partial charge in [0.15, 0.2) is 0 Å². The molecular weight excluding hydrogens is 244 g/mol. The van der Waals surface area contributed by atoms with E-state index in [4.69, 9.17) is 0 Å². The number of rotatable bonds is 5. The molecule has 1 rings (SSSR count). The van der Waals surface area contributed by atoms with Crippen molar-refractivity contribution in [2.24, 2.45) is 5.92 Å². The van der Waals surface area contributed by atoms with E-state index in [1.54, 1.807) is 0 Å². The standard InChI is InChI=1S/C18H30Si/c1-16(12-13-17-10-8-7-9-11-17)14-15-19(5,6)18(2,3)4/h7-11,14-16H,12-13H2,1-6H3/b15-14+/t16-/m1/s1. The highest BCUT2D eigenvalue weighted by Gasteiger charge is 2.32. The van der Waals surface area contributed by atoms with Crippen molar-refractivity contribution in [2.45, 2.75) is 58.7 Å². The van der Waals surface area contributed by atoms with Gasteiger partial charge in [-0.3, -0.25) is 0 Å². The van der Waals surface area contributed by atoms with Crippen molar-refractivity contribution in [3.8, 4) is 0 Å². The maximum atomic E-state index is 2.54. The van der Waals surface area contributed by atoms with Crippen molar-refractivity contribution < 1.29 is 0 Å². The third kappa shape index (κ3) is 5.36. The Morgan fingerprint density at radius 2 is 1.68 bits per heavy atom. The molecule has 0 fully saturated rings. The van der Waals surface area contributed by atoms with Crippen LogP contribution in [0.4, 0.5) is 0 Å². The molecule has 0 nitrogen and oxygen atoms in total. The predicted octanol–water partition coefficient (Wildman–Crippen LogP) is 5.86. The Morgan fingerprint density at radius 1 is 1.11 bits per heavy atom. The fraction of sp³-hybridized carbons (Fsp3) is 0.556. The molecule has 0 N–H and O–H groups in total. The van der Waals surface area contributed by atoms with Crippen LogP contribution >= 0.6 is 0 Å². The Kier molecular flexibility index (Phi) is 5.60. The van der Waals surface area contributed by atoms with E-state index in [9.17, 15) is 0 Å². The highest BCUT2D eigenvalue weighted by Crippen LogP contribution is 2.36. The Balaban J connectivity index is 2.50. The SMILES string of the molecule is C[C@@H](/C=C/[Si](C)(C)C(C)(C)C)CCc1ccccc1. The molecular formula is C18H30Si. The van der Waals surface area contributed by atoms with Crippen LogP contribution in [0, 0.1) is 5.92 Å². The number of hydrogen-bond acceptors (Lipinski definition) is 0. The van der Waals surface area contributed by atoms with Gasteiger partial charge in [-0.25, -0.2) is 0 Å². The molecule has 1 heteroatoms. The Labute approximate surface area is 121 Å². The van der Waals surface area contributed by atoms with E-state index in [0.717, 1.165) is 0 Å². The van der Waals surface area contributed by atoms with Crippen molar-refractivity contribution >= 4 is 8.07 Å². The summed E-state index contributed by atoms with van der Waals surface area (Å²) in [6.45, 7) is 14.4. The lowest BCUT2D eigenvalue weighted by atomic mass is 10.0. The molecule has 0 saturated carbocycles. The first-order chi connectivity index (χ1) is 8.72. The number of benzene rings is 1. The largest absolute Gasteiger partial charge is 0.0979 e. The summed E-state index contributed by atoms with van der Waals surface area (Å²) < 4.78 is 0. The van der Waals surface area contributed by atoms with Gasteiger partial charge in [0.1, 0.15) is 0 Å². The molecule has 19 heavy (non-hydrogen) atoms. The second kappa shape index (κ2) is 6.56. The highest BCUT2D eigenvalue weighted by atomic mass is 28.3. The van der Waals surface area contributed by atoms with Gasteiger partial charge in [-0.05, 0) is 29.4 Å². The second-order valence-electron chi connectivity index (χ2n) is 7.33. The zero-order valence-corrected chi connectivity index (χ0v) is 14.5. The van der Waals surface area contributed by atoms with Gasteiger partial charge in [0.2, 0.25) is 0 Å². The van der Waals surface area contributed by atoms with E-state index >= 15 is 0 Å². The van der Waals surface area contributed by atoms with E-state index in [1.165, 1.54) is 18.4 Å². The molecule has 0 amide bonds. The molecule has 1 aromatic carbocycles. The Hall–Kier alpha value is -0.823. The van der Waals surface area contributed by atoms with Crippen molar-refractivity contribution in [1.82, 2.24) is 0 Å². The molecule has 0 heterocycles. The number of hydrogen-bond donors (Lipinski definition) is 0. The summed E-state index contributed by atoms with van der Waals surface area (Å²) in [5.74, 6) is 0.675. The quantitative estimate of drug-likeness (QED) is 0.590. The summed E-state index contributed by atoms with van der Waals surface area (Å²) in [5.41, 5.74) is 4.00. The molecule has 0 saturated heterocycles. The molecule has 0 aliphatic heterocycles. The molecule has 0 bridgehead atoms. The summed E-state index contributed by atoms with van der Waals surface area (Å²) in [6.07, 6.45) is 4.89. The molecule has 1 aromatic rings. The lowest BCUT2D eigenvalue weighted by Gasteiger charge is -2.34. The third-order valence-electron chi connectivity index (χ3n) is 4.51. The minimum absolute atomic E-state index is 0.447. The molecule has 0 aliphatic carbocycles. The van der Waals surface area contributed by atoms with Crippen molar-refractivity contribution in [2.75, 3.05) is 0 Å². The molecule has 0 aliphatic rings. The fourth-order valence-electron chi connectivity index (χ4n) is 1.79. The maximum Gasteiger partial charge on any atom is 0.0766 e. The fourth-order valence-corrected chi connectivity index (χ4v) is 3.10. The molecule has 0 aromatic heterocycles. The van der Waals surface area contributed by atoms with Gasteiger partial charge in [-0.2, -0.15) is 0 Å². The average Bonchev–Trinajstić information content (AvgIpc) is 2.34. The minimum Gasteiger partial charge on any atom is -0.0979 e. The lowest BCUT2D eigenvalue weighted by Crippen LogP contribution is -2.35. The zero-order chi connectivity index (χ0) is 14.5. The predicted molar refractivity (Wildman–Crippen MR) is 90.3 cm³/mol. The van der Waals surface area contributed by atoms with Crippen LogP contribution in [0.1, 0.15) is 39.7 Å². The first-order valence-corrected chi connectivity index (χ1v) is 10.5. The van der Waals surface area contributed by atoms with Crippen LogP contribution in [0.5, 0.6) is 0 Å². The molecule has 0 unspecified atom stereocenters. The third-order valence-corrected chi connectivity index (χ3v) is 9.40. The lowest BCUT2D eigenvalue weighted by molar-refractivity contribution is 0.647. The second-order valence-corrected chi connectivity index (χ2v) is 12.6. The molecule has 1 atom stereocenters. The van der Waals surface area contributed by atoms with E-state index < -0.39 is 8.07 Å². The van der Waals surface area contributed by atoms with Crippen LogP contribution in [0.25, 0.3) is 0 Å². The van der Waals surface area contributed by atoms with Gasteiger partial charge < -0.3 is 0 Å². The summed E-state index contributed by atoms with van der Waals surface area (Å²) in [7, 11) is -1.26. The van der Waals surface area contributed by atoms with Gasteiger partial charge in [-0.1, -0.05) is 82.9 Å². The van der Waals surface area contributed by atoms with E-state index in [2.05, 4.69) is 82.9 Å². The monoisotopic (exact) mass is 274 g/mol. The zero-order valence-electron chi connectivity index (χ0n) is 13.5. The molecule has 0 spiro atoms. The minimum atomic E-state index is -1.26. The van der Waals surface area contributed by atoms with Crippen LogP contribution in [-0.2, 0) is 6.42 Å².